The van der Waals surface area contributed by atoms with Crippen LogP contribution in [0.4, 0.5) is 0 Å². The Morgan fingerprint density at radius 1 is 1.18 bits per heavy atom. The Hall–Kier alpha value is -2.43. The average Bonchev–Trinajstić information content (AvgIpc) is 2.67. The molecule has 3 heterocycles. The van der Waals surface area contributed by atoms with Crippen molar-refractivity contribution in [3.63, 3.8) is 0 Å². The average molecular weight is 405 g/mol. The van der Waals surface area contributed by atoms with Crippen molar-refractivity contribution in [2.24, 2.45) is 0 Å². The lowest BCUT2D eigenvalue weighted by Crippen LogP contribution is -2.44. The molecule has 9 nitrogen and oxygen atoms in total. The molecule has 10 heteroatoms. The van der Waals surface area contributed by atoms with Crippen LogP contribution in [0.15, 0.2) is 24.5 Å². The summed E-state index contributed by atoms with van der Waals surface area (Å²) in [4.78, 5) is 24.3. The Balaban J connectivity index is 1.83. The molecule has 1 aliphatic heterocycles. The van der Waals surface area contributed by atoms with E-state index in [4.69, 9.17) is 5.11 Å². The fourth-order valence-electron chi connectivity index (χ4n) is 3.19. The van der Waals surface area contributed by atoms with E-state index in [0.717, 1.165) is 5.69 Å². The predicted molar refractivity (Wildman–Crippen MR) is 103 cm³/mol. The van der Waals surface area contributed by atoms with Crippen LogP contribution in [0.5, 0.6) is 0 Å². The zero-order valence-corrected chi connectivity index (χ0v) is 16.8. The highest BCUT2D eigenvalue weighted by Gasteiger charge is 2.31. The van der Waals surface area contributed by atoms with Gasteiger partial charge in [0, 0.05) is 56.8 Å². The van der Waals surface area contributed by atoms with E-state index in [1.54, 1.807) is 12.3 Å². The van der Waals surface area contributed by atoms with E-state index >= 15 is 0 Å². The van der Waals surface area contributed by atoms with Gasteiger partial charge in [-0.05, 0) is 31.9 Å². The first-order valence-corrected chi connectivity index (χ1v) is 10.3. The van der Waals surface area contributed by atoms with Crippen molar-refractivity contribution in [1.82, 2.24) is 23.6 Å². The molecule has 0 bridgehead atoms. The van der Waals surface area contributed by atoms with E-state index in [-0.39, 0.29) is 11.5 Å². The minimum absolute atomic E-state index is 0.0443. The van der Waals surface area contributed by atoms with Crippen molar-refractivity contribution in [3.8, 4) is 11.3 Å². The van der Waals surface area contributed by atoms with Crippen molar-refractivity contribution in [3.05, 3.63) is 41.6 Å². The maximum atomic E-state index is 12.3. The normalized spacial score (nSPS) is 16.4. The number of hydrogen-bond acceptors (Lipinski definition) is 6. The Bertz CT molecular complexity index is 985. The summed E-state index contributed by atoms with van der Waals surface area (Å²) in [6.07, 6.45) is 4.12. The number of piperidine rings is 1. The summed E-state index contributed by atoms with van der Waals surface area (Å²) in [6.45, 7) is 2.68. The standard InChI is InChI=1S/C18H23N5O4S/c1-12-8-16(14-9-15(18(24)25)11-19-10-14)21-17(20-12)13-4-6-23(7-5-13)28(26,27)22(2)3/h8-11,13H,4-7H2,1-3H3,(H,24,25). The monoisotopic (exact) mass is 405 g/mol. The highest BCUT2D eigenvalue weighted by Crippen LogP contribution is 2.29. The van der Waals surface area contributed by atoms with Crippen LogP contribution in [0.25, 0.3) is 11.3 Å². The van der Waals surface area contributed by atoms with Gasteiger partial charge >= 0.3 is 5.97 Å². The minimum Gasteiger partial charge on any atom is -0.478 e. The molecule has 0 aliphatic carbocycles. The van der Waals surface area contributed by atoms with Crippen molar-refractivity contribution < 1.29 is 18.3 Å². The fourth-order valence-corrected chi connectivity index (χ4v) is 4.33. The van der Waals surface area contributed by atoms with E-state index in [2.05, 4.69) is 15.0 Å². The summed E-state index contributed by atoms with van der Waals surface area (Å²) in [5.74, 6) is -0.352. The van der Waals surface area contributed by atoms with Gasteiger partial charge in [0.2, 0.25) is 0 Å². The lowest BCUT2D eigenvalue weighted by molar-refractivity contribution is 0.0696. The second-order valence-corrected chi connectivity index (χ2v) is 9.13. The fraction of sp³-hybridized carbons (Fsp3) is 0.444. The highest BCUT2D eigenvalue weighted by molar-refractivity contribution is 7.86. The number of aromatic carboxylic acids is 1. The Morgan fingerprint density at radius 3 is 2.46 bits per heavy atom. The zero-order chi connectivity index (χ0) is 20.5. The summed E-state index contributed by atoms with van der Waals surface area (Å²) in [5.41, 5.74) is 2.09. The van der Waals surface area contributed by atoms with Gasteiger partial charge in [-0.3, -0.25) is 4.98 Å². The number of carboxylic acid groups (broad SMARTS) is 1. The van der Waals surface area contributed by atoms with Gasteiger partial charge in [-0.25, -0.2) is 14.8 Å². The molecular weight excluding hydrogens is 382 g/mol. The largest absolute Gasteiger partial charge is 0.478 e. The molecule has 0 amide bonds. The number of aryl methyl sites for hydroxylation is 1. The third kappa shape index (κ3) is 4.18. The van der Waals surface area contributed by atoms with E-state index in [0.29, 0.717) is 43.0 Å². The van der Waals surface area contributed by atoms with Crippen LogP contribution >= 0.6 is 0 Å². The zero-order valence-electron chi connectivity index (χ0n) is 16.0. The van der Waals surface area contributed by atoms with E-state index in [1.807, 2.05) is 6.92 Å². The summed E-state index contributed by atoms with van der Waals surface area (Å²) < 4.78 is 27.2. The van der Waals surface area contributed by atoms with Crippen LogP contribution in [0, 0.1) is 6.92 Å². The smallest absolute Gasteiger partial charge is 0.337 e. The van der Waals surface area contributed by atoms with E-state index < -0.39 is 16.2 Å². The SMILES string of the molecule is Cc1cc(-c2cncc(C(=O)O)c2)nc(C2CCN(S(=O)(=O)N(C)C)CC2)n1. The first kappa shape index (κ1) is 20.3. The topological polar surface area (TPSA) is 117 Å². The molecule has 150 valence electrons. The quantitative estimate of drug-likeness (QED) is 0.802. The van der Waals surface area contributed by atoms with Gasteiger partial charge in [0.25, 0.3) is 10.2 Å². The maximum absolute atomic E-state index is 12.3. The van der Waals surface area contributed by atoms with Crippen molar-refractivity contribution in [2.45, 2.75) is 25.7 Å². The molecule has 3 rings (SSSR count). The van der Waals surface area contributed by atoms with Crippen LogP contribution in [-0.2, 0) is 10.2 Å². The van der Waals surface area contributed by atoms with Crippen LogP contribution in [0.1, 0.15) is 40.6 Å². The number of hydrogen-bond donors (Lipinski definition) is 1. The number of aromatic nitrogens is 3. The molecule has 0 atom stereocenters. The van der Waals surface area contributed by atoms with Crippen LogP contribution in [0.2, 0.25) is 0 Å². The van der Waals surface area contributed by atoms with Crippen molar-refractivity contribution in [2.75, 3.05) is 27.2 Å². The maximum Gasteiger partial charge on any atom is 0.337 e. The molecule has 0 aromatic carbocycles. The van der Waals surface area contributed by atoms with Gasteiger partial charge in [0.1, 0.15) is 5.82 Å². The Labute approximate surface area is 164 Å². The number of rotatable bonds is 5. The van der Waals surface area contributed by atoms with Gasteiger partial charge in [-0.15, -0.1) is 0 Å². The first-order chi connectivity index (χ1) is 13.2. The molecular formula is C18H23N5O4S. The van der Waals surface area contributed by atoms with Gasteiger partial charge in [-0.2, -0.15) is 17.0 Å². The van der Waals surface area contributed by atoms with Crippen molar-refractivity contribution in [1.29, 1.82) is 0 Å². The summed E-state index contributed by atoms with van der Waals surface area (Å²) >= 11 is 0. The molecule has 2 aromatic rings. The second kappa shape index (κ2) is 7.90. The molecule has 0 unspecified atom stereocenters. The summed E-state index contributed by atoms with van der Waals surface area (Å²) in [5, 5.41) is 9.17. The Morgan fingerprint density at radius 2 is 1.86 bits per heavy atom. The van der Waals surface area contributed by atoms with Crippen LogP contribution in [-0.4, -0.2) is 70.2 Å². The highest BCUT2D eigenvalue weighted by atomic mass is 32.2. The molecule has 2 aromatic heterocycles. The summed E-state index contributed by atoms with van der Waals surface area (Å²) in [6, 6.07) is 3.32. The van der Waals surface area contributed by atoms with E-state index in [9.17, 15) is 13.2 Å². The lowest BCUT2D eigenvalue weighted by atomic mass is 9.97. The number of carbonyl (C=O) groups is 1. The Kier molecular flexibility index (Phi) is 5.73. The molecule has 0 saturated carbocycles. The minimum atomic E-state index is -3.42. The number of carboxylic acids is 1. The molecule has 1 aliphatic rings. The van der Waals surface area contributed by atoms with Gasteiger partial charge in [0.15, 0.2) is 0 Å². The summed E-state index contributed by atoms with van der Waals surface area (Å²) in [7, 11) is -0.367. The molecule has 1 saturated heterocycles. The third-order valence-corrected chi connectivity index (χ3v) is 6.70. The van der Waals surface area contributed by atoms with Gasteiger partial charge < -0.3 is 5.11 Å². The first-order valence-electron chi connectivity index (χ1n) is 8.90. The van der Waals surface area contributed by atoms with Gasteiger partial charge in [0.05, 0.1) is 11.3 Å². The number of nitrogens with zero attached hydrogens (tertiary/aromatic N) is 5. The van der Waals surface area contributed by atoms with Crippen LogP contribution in [0.3, 0.4) is 0 Å². The predicted octanol–water partition coefficient (Wildman–Crippen LogP) is 1.53. The molecule has 28 heavy (non-hydrogen) atoms. The van der Waals surface area contributed by atoms with E-state index in [1.165, 1.54) is 35.0 Å². The number of pyridine rings is 1. The second-order valence-electron chi connectivity index (χ2n) is 6.98. The van der Waals surface area contributed by atoms with Crippen molar-refractivity contribution >= 4 is 16.2 Å². The molecule has 0 radical (unpaired) electrons. The lowest BCUT2D eigenvalue weighted by Gasteiger charge is -2.32. The molecule has 1 fully saturated rings. The molecule has 1 N–H and O–H groups in total. The van der Waals surface area contributed by atoms with Gasteiger partial charge in [-0.1, -0.05) is 0 Å². The molecule has 0 spiro atoms. The third-order valence-electron chi connectivity index (χ3n) is 4.76. The van der Waals surface area contributed by atoms with Crippen LogP contribution < -0.4 is 0 Å².